The highest BCUT2D eigenvalue weighted by Gasteiger charge is 2.35. The monoisotopic (exact) mass is 488 g/mol. The number of rotatable bonds is 4. The molecule has 1 fully saturated rings. The molecule has 1 aromatic heterocycles. The van der Waals surface area contributed by atoms with Crippen LogP contribution in [0.1, 0.15) is 33.6 Å². The van der Waals surface area contributed by atoms with Crippen LogP contribution in [0.15, 0.2) is 48.0 Å². The molecule has 35 heavy (non-hydrogen) atoms. The zero-order chi connectivity index (χ0) is 25.6. The molecule has 2 heterocycles. The molecule has 8 nitrogen and oxygen atoms in total. The van der Waals surface area contributed by atoms with Crippen molar-refractivity contribution >= 4 is 46.6 Å². The van der Waals surface area contributed by atoms with Gasteiger partial charge in [0.25, 0.3) is 17.5 Å². The number of anilines is 1. The number of aromatic nitrogens is 1. The average Bonchev–Trinajstić information content (AvgIpc) is 3.06. The quantitative estimate of drug-likeness (QED) is 0.188. The van der Waals surface area contributed by atoms with Crippen molar-refractivity contribution in [2.75, 3.05) is 4.90 Å². The summed E-state index contributed by atoms with van der Waals surface area (Å²) in [7, 11) is 0. The first-order valence-electron chi connectivity index (χ1n) is 10.9. The van der Waals surface area contributed by atoms with Crippen LogP contribution < -0.4 is 10.2 Å². The van der Waals surface area contributed by atoms with Crippen LogP contribution in [0.5, 0.6) is 0 Å². The molecule has 4 rings (SSSR count). The summed E-state index contributed by atoms with van der Waals surface area (Å²) < 4.78 is 1.86. The summed E-state index contributed by atoms with van der Waals surface area (Å²) in [6, 6.07) is 12.6. The van der Waals surface area contributed by atoms with E-state index in [9.17, 15) is 19.7 Å². The van der Waals surface area contributed by atoms with Crippen LogP contribution in [-0.4, -0.2) is 26.4 Å². The minimum atomic E-state index is -0.572. The van der Waals surface area contributed by atoms with Gasteiger partial charge >= 0.3 is 0 Å². The molecule has 0 radical (unpaired) electrons. The van der Waals surface area contributed by atoms with Gasteiger partial charge in [0.15, 0.2) is 5.11 Å². The van der Waals surface area contributed by atoms with Crippen molar-refractivity contribution in [2.45, 2.75) is 34.6 Å². The number of nitrogens with zero attached hydrogens (tertiary/aromatic N) is 3. The van der Waals surface area contributed by atoms with Gasteiger partial charge in [-0.3, -0.25) is 29.9 Å². The van der Waals surface area contributed by atoms with Crippen LogP contribution in [0.2, 0.25) is 0 Å². The summed E-state index contributed by atoms with van der Waals surface area (Å²) in [6.07, 6.45) is 1.54. The summed E-state index contributed by atoms with van der Waals surface area (Å²) in [6.45, 7) is 9.18. The minimum Gasteiger partial charge on any atom is -0.318 e. The van der Waals surface area contributed by atoms with E-state index in [0.717, 1.165) is 22.5 Å². The second-order valence-corrected chi connectivity index (χ2v) is 9.02. The van der Waals surface area contributed by atoms with E-state index < -0.39 is 16.7 Å². The highest BCUT2D eigenvalue weighted by molar-refractivity contribution is 7.80. The molecule has 0 bridgehead atoms. The van der Waals surface area contributed by atoms with Crippen LogP contribution >= 0.6 is 12.2 Å². The van der Waals surface area contributed by atoms with Gasteiger partial charge in [0.1, 0.15) is 5.57 Å². The molecular formula is C26H24N4O4S. The predicted octanol–water partition coefficient (Wildman–Crippen LogP) is 4.76. The van der Waals surface area contributed by atoms with Crippen LogP contribution in [0.4, 0.5) is 11.4 Å². The Labute approximate surface area is 208 Å². The molecule has 178 valence electrons. The SMILES string of the molecule is Cc1ccc(C)c(N2C(=O)/C(=C/c3cc(C)n(-c4ccc(C)c([N+](=O)[O-])c4)c3C)C(=O)NC2=S)c1. The van der Waals surface area contributed by atoms with E-state index in [1.165, 1.54) is 11.0 Å². The van der Waals surface area contributed by atoms with E-state index in [1.807, 2.05) is 56.5 Å². The van der Waals surface area contributed by atoms with Crippen molar-refractivity contribution in [3.63, 3.8) is 0 Å². The largest absolute Gasteiger partial charge is 0.318 e. The number of thiocarbonyl (C=S) groups is 1. The number of nitrogens with one attached hydrogen (secondary N) is 1. The molecule has 2 aromatic carbocycles. The van der Waals surface area contributed by atoms with Gasteiger partial charge in [-0.25, -0.2) is 0 Å². The van der Waals surface area contributed by atoms with Gasteiger partial charge in [-0.15, -0.1) is 0 Å². The number of nitro groups is 1. The van der Waals surface area contributed by atoms with Crippen molar-refractivity contribution in [3.8, 4) is 5.69 Å². The Bertz CT molecular complexity index is 1470. The minimum absolute atomic E-state index is 0.0226. The maximum atomic E-state index is 13.5. The van der Waals surface area contributed by atoms with Gasteiger partial charge in [-0.05, 0) is 87.8 Å². The lowest BCUT2D eigenvalue weighted by Gasteiger charge is -2.30. The molecule has 1 aliphatic rings. The molecule has 9 heteroatoms. The lowest BCUT2D eigenvalue weighted by molar-refractivity contribution is -0.385. The number of carbonyl (C=O) groups excluding carboxylic acids is 2. The highest BCUT2D eigenvalue weighted by atomic mass is 32.1. The summed E-state index contributed by atoms with van der Waals surface area (Å²) in [4.78, 5) is 38.6. The zero-order valence-corrected chi connectivity index (χ0v) is 20.8. The van der Waals surface area contributed by atoms with Gasteiger partial charge in [0.05, 0.1) is 16.3 Å². The Balaban J connectivity index is 1.80. The Morgan fingerprint density at radius 2 is 1.66 bits per heavy atom. The van der Waals surface area contributed by atoms with Crippen molar-refractivity contribution < 1.29 is 14.5 Å². The van der Waals surface area contributed by atoms with Crippen LogP contribution in [0.25, 0.3) is 11.8 Å². The first-order valence-corrected chi connectivity index (χ1v) is 11.3. The van der Waals surface area contributed by atoms with Crippen molar-refractivity contribution in [1.29, 1.82) is 0 Å². The van der Waals surface area contributed by atoms with Gasteiger partial charge in [-0.1, -0.05) is 18.2 Å². The van der Waals surface area contributed by atoms with Gasteiger partial charge in [0, 0.05) is 23.0 Å². The van der Waals surface area contributed by atoms with E-state index in [0.29, 0.717) is 22.5 Å². The molecule has 1 aliphatic heterocycles. The molecule has 0 aliphatic carbocycles. The maximum Gasteiger partial charge on any atom is 0.274 e. The molecule has 0 spiro atoms. The summed E-state index contributed by atoms with van der Waals surface area (Å²) in [5.74, 6) is -1.08. The zero-order valence-electron chi connectivity index (χ0n) is 20.0. The summed E-state index contributed by atoms with van der Waals surface area (Å²) >= 11 is 5.33. The van der Waals surface area contributed by atoms with Crippen molar-refractivity contribution in [3.05, 3.63) is 91.8 Å². The molecule has 0 atom stereocenters. The Morgan fingerprint density at radius 3 is 2.34 bits per heavy atom. The molecule has 1 N–H and O–H groups in total. The topological polar surface area (TPSA) is 97.5 Å². The normalized spacial score (nSPS) is 15.1. The number of amides is 2. The fourth-order valence-electron chi connectivity index (χ4n) is 4.26. The number of carbonyl (C=O) groups is 2. The Kier molecular flexibility index (Phi) is 6.12. The van der Waals surface area contributed by atoms with Crippen molar-refractivity contribution in [2.24, 2.45) is 0 Å². The molecule has 1 saturated heterocycles. The number of hydrogen-bond acceptors (Lipinski definition) is 5. The van der Waals surface area contributed by atoms with Crippen LogP contribution in [0, 0.1) is 44.7 Å². The first kappa shape index (κ1) is 24.0. The number of benzene rings is 2. The highest BCUT2D eigenvalue weighted by Crippen LogP contribution is 2.29. The van der Waals surface area contributed by atoms with Crippen LogP contribution in [-0.2, 0) is 9.59 Å². The number of hydrogen-bond donors (Lipinski definition) is 1. The van der Waals surface area contributed by atoms with E-state index in [1.54, 1.807) is 25.1 Å². The fraction of sp³-hybridized carbons (Fsp3) is 0.192. The van der Waals surface area contributed by atoms with Crippen molar-refractivity contribution in [1.82, 2.24) is 9.88 Å². The number of aryl methyl sites for hydroxylation is 4. The predicted molar refractivity (Wildman–Crippen MR) is 139 cm³/mol. The molecule has 0 saturated carbocycles. The van der Waals surface area contributed by atoms with Gasteiger partial charge < -0.3 is 4.57 Å². The van der Waals surface area contributed by atoms with E-state index in [4.69, 9.17) is 12.2 Å². The number of nitro benzene ring substituents is 1. The van der Waals surface area contributed by atoms with Gasteiger partial charge in [0.2, 0.25) is 0 Å². The van der Waals surface area contributed by atoms with E-state index in [2.05, 4.69) is 5.32 Å². The average molecular weight is 489 g/mol. The third-order valence-corrected chi connectivity index (χ3v) is 6.41. The summed E-state index contributed by atoms with van der Waals surface area (Å²) in [5, 5.41) is 14.1. The second kappa shape index (κ2) is 8.92. The third kappa shape index (κ3) is 4.26. The van der Waals surface area contributed by atoms with E-state index in [-0.39, 0.29) is 16.4 Å². The molecular weight excluding hydrogens is 464 g/mol. The second-order valence-electron chi connectivity index (χ2n) is 8.64. The maximum absolute atomic E-state index is 13.5. The van der Waals surface area contributed by atoms with E-state index >= 15 is 0 Å². The summed E-state index contributed by atoms with van der Waals surface area (Å²) in [5.41, 5.74) is 5.78. The lowest BCUT2D eigenvalue weighted by Crippen LogP contribution is -2.54. The van der Waals surface area contributed by atoms with Gasteiger partial charge in [-0.2, -0.15) is 0 Å². The third-order valence-electron chi connectivity index (χ3n) is 6.12. The Morgan fingerprint density at radius 1 is 0.971 bits per heavy atom. The lowest BCUT2D eigenvalue weighted by atomic mass is 10.0. The Hall–Kier alpha value is -4.11. The fourth-order valence-corrected chi connectivity index (χ4v) is 4.53. The van der Waals surface area contributed by atoms with Crippen LogP contribution in [0.3, 0.4) is 0 Å². The smallest absolute Gasteiger partial charge is 0.274 e. The standard InChI is InChI=1S/C26H24N4O4S/c1-14-6-7-15(2)22(10-14)29-25(32)21(24(31)27-26(29)35)12-19-11-17(4)28(18(19)5)20-9-8-16(3)23(13-20)30(33)34/h6-13H,1-5H3,(H,27,31,35)/b21-12+. The first-order chi connectivity index (χ1) is 16.5. The molecule has 3 aromatic rings. The molecule has 2 amide bonds. The molecule has 0 unspecified atom stereocenters.